The van der Waals surface area contributed by atoms with Gasteiger partial charge in [0.2, 0.25) is 0 Å². The molecular weight excluding hydrogens is 805 g/mol. The maximum Gasteiger partial charge on any atom is 0.164 e. The Kier molecular flexibility index (Phi) is 13.2. The third kappa shape index (κ3) is 8.33. The molecule has 0 aliphatic heterocycles. The average molecular weight is 856 g/mol. The molecule has 5 aromatic rings. The van der Waals surface area contributed by atoms with Gasteiger partial charge in [0.15, 0.2) is 5.78 Å². The molecule has 0 spiro atoms. The Morgan fingerprint density at radius 3 is 2.10 bits per heavy atom. The van der Waals surface area contributed by atoms with Crippen LogP contribution in [0.5, 0.6) is 0 Å². The fourth-order valence-corrected chi connectivity index (χ4v) is 6.88. The third-order valence-electron chi connectivity index (χ3n) is 10.4. The summed E-state index contributed by atoms with van der Waals surface area (Å²) in [5.74, 6) is 0.286. The van der Waals surface area contributed by atoms with Gasteiger partial charge >= 0.3 is 0 Å². The van der Waals surface area contributed by atoms with Gasteiger partial charge in [0.25, 0.3) is 0 Å². The molecule has 0 unspecified atom stereocenters. The minimum atomic E-state index is -0.337. The molecule has 5 rings (SSSR count). The van der Waals surface area contributed by atoms with Crippen molar-refractivity contribution in [2.45, 2.75) is 100 Å². The molecule has 2 N–H and O–H groups in total. The predicted octanol–water partition coefficient (Wildman–Crippen LogP) is 12.3. The van der Waals surface area contributed by atoms with Crippen LogP contribution in [0.4, 0.5) is 0 Å². The van der Waals surface area contributed by atoms with Crippen LogP contribution in [0.25, 0.3) is 47.9 Å². The number of thiophene rings is 1. The smallest absolute Gasteiger partial charge is 0.164 e. The Labute approximate surface area is 309 Å². The number of carbonyl (C=O) groups is 1. The number of aliphatic hydroxyl groups is 2. The van der Waals surface area contributed by atoms with E-state index >= 15 is 0 Å². The van der Waals surface area contributed by atoms with Crippen LogP contribution in [-0.4, -0.2) is 26.0 Å². The molecule has 0 saturated carbocycles. The van der Waals surface area contributed by atoms with Gasteiger partial charge in [-0.15, -0.1) is 40.5 Å². The van der Waals surface area contributed by atoms with Crippen molar-refractivity contribution in [3.63, 3.8) is 0 Å². The van der Waals surface area contributed by atoms with E-state index in [-0.39, 0.29) is 47.9 Å². The summed E-state index contributed by atoms with van der Waals surface area (Å²) in [6.45, 7) is 20.7. The molecule has 263 valence electrons. The van der Waals surface area contributed by atoms with Gasteiger partial charge in [-0.1, -0.05) is 104 Å². The fraction of sp³-hybridized carbons (Fsp3) is 0.405. The maximum atomic E-state index is 12.2. The van der Waals surface area contributed by atoms with Gasteiger partial charge in [-0.3, -0.25) is 9.78 Å². The van der Waals surface area contributed by atoms with Crippen molar-refractivity contribution in [3.8, 4) is 11.3 Å². The van der Waals surface area contributed by atoms with Crippen LogP contribution < -0.4 is 0 Å². The Hall–Kier alpha value is -3.38. The van der Waals surface area contributed by atoms with E-state index in [4.69, 9.17) is 4.98 Å². The van der Waals surface area contributed by atoms with Crippen molar-refractivity contribution in [1.82, 2.24) is 9.97 Å². The first-order valence-electron chi connectivity index (χ1n) is 17.1. The topological polar surface area (TPSA) is 83.3 Å². The normalized spacial score (nSPS) is 12.9. The second-order valence-corrected chi connectivity index (χ2v) is 15.4. The van der Waals surface area contributed by atoms with Crippen molar-refractivity contribution in [1.29, 1.82) is 0 Å². The molecule has 2 aromatic heterocycles. The van der Waals surface area contributed by atoms with Gasteiger partial charge in [-0.2, -0.15) is 0 Å². The molecule has 0 aliphatic carbocycles. The number of carbonyl (C=O) groups excluding carboxylic acids is 1. The number of rotatable bonds is 9. The number of ketones is 1. The molecule has 0 amide bonds. The van der Waals surface area contributed by atoms with E-state index in [0.29, 0.717) is 0 Å². The average Bonchev–Trinajstić information content (AvgIpc) is 3.48. The zero-order chi connectivity index (χ0) is 35.4. The van der Waals surface area contributed by atoms with E-state index in [9.17, 15) is 15.0 Å². The number of fused-ring (bicyclic) bond motifs is 4. The molecular formula is C42H51IrN2O3S-. The van der Waals surface area contributed by atoms with Crippen LogP contribution >= 0.6 is 11.3 Å². The second-order valence-electron chi connectivity index (χ2n) is 14.3. The van der Waals surface area contributed by atoms with Crippen LogP contribution in [0.1, 0.15) is 106 Å². The first-order valence-corrected chi connectivity index (χ1v) is 17.9. The van der Waals surface area contributed by atoms with Crippen molar-refractivity contribution >= 4 is 53.8 Å². The minimum absolute atomic E-state index is 0. The monoisotopic (exact) mass is 856 g/mol. The van der Waals surface area contributed by atoms with Gasteiger partial charge in [0, 0.05) is 52.8 Å². The van der Waals surface area contributed by atoms with Crippen LogP contribution in [-0.2, 0) is 30.3 Å². The zero-order valence-corrected chi connectivity index (χ0v) is 33.8. The molecule has 7 heteroatoms. The van der Waals surface area contributed by atoms with Crippen LogP contribution in [0.3, 0.4) is 0 Å². The van der Waals surface area contributed by atoms with Crippen LogP contribution in [0.15, 0.2) is 73.0 Å². The number of aliphatic hydroxyl groups excluding tert-OH is 2. The van der Waals surface area contributed by atoms with E-state index in [1.165, 1.54) is 17.0 Å². The van der Waals surface area contributed by atoms with Gasteiger partial charge < -0.3 is 10.2 Å². The first kappa shape index (κ1) is 40.1. The summed E-state index contributed by atoms with van der Waals surface area (Å²) in [6, 6.07) is 20.5. The second kappa shape index (κ2) is 16.1. The van der Waals surface area contributed by atoms with Crippen LogP contribution in [0, 0.1) is 16.9 Å². The van der Waals surface area contributed by atoms with Crippen molar-refractivity contribution in [2.75, 3.05) is 0 Å². The Morgan fingerprint density at radius 1 is 0.878 bits per heavy atom. The van der Waals surface area contributed by atoms with Gasteiger partial charge in [0.05, 0.1) is 6.26 Å². The molecule has 49 heavy (non-hydrogen) atoms. The molecule has 5 nitrogen and oxygen atoms in total. The SMILES string of the molecule is C/C(=C/O)c1ccc2c(c1)sc1ncnc(-c3[c-]c4ccccc4c(C(C)(C)C)c3)c12.CCC(C)(CC)C(=O)/C=C(\O)C(C)(CC)CC.[Ir]. The maximum absolute atomic E-state index is 12.2. The Bertz CT molecular complexity index is 1990. The van der Waals surface area contributed by atoms with E-state index in [1.54, 1.807) is 17.7 Å². The van der Waals surface area contributed by atoms with E-state index in [0.717, 1.165) is 80.0 Å². The van der Waals surface area contributed by atoms with Gasteiger partial charge in [0.1, 0.15) is 16.9 Å². The standard InChI is InChI=1S/C27H23N2OS.C15H28O2.Ir/c1-16(14-30)17-9-10-21-23(13-17)31-26-24(21)25(28-15-29-26)19-11-18-7-5-6-8-20(18)22(12-19)27(2,3)4;1-7-14(5,8-2)12(16)11-13(17)15(6,9-3)10-4;/h5-10,12-15,30H,1-4H3;11,16H,7-10H2,1-6H3;/q-1;;/b16-14-;12-11-;. The zero-order valence-electron chi connectivity index (χ0n) is 30.6. The number of hydrogen-bond acceptors (Lipinski definition) is 6. The Balaban J connectivity index is 0.000000312. The van der Waals surface area contributed by atoms with E-state index in [1.807, 2.05) is 54.5 Å². The first-order chi connectivity index (χ1) is 22.7. The predicted molar refractivity (Wildman–Crippen MR) is 205 cm³/mol. The molecule has 0 saturated heterocycles. The summed E-state index contributed by atoms with van der Waals surface area (Å²) >= 11 is 1.65. The number of hydrogen-bond donors (Lipinski definition) is 2. The molecule has 1 radical (unpaired) electrons. The molecule has 0 atom stereocenters. The van der Waals surface area contributed by atoms with Crippen LogP contribution in [0.2, 0.25) is 0 Å². The number of allylic oxidation sites excluding steroid dienone is 3. The van der Waals surface area contributed by atoms with E-state index in [2.05, 4.69) is 74.3 Å². The van der Waals surface area contributed by atoms with E-state index < -0.39 is 0 Å². The summed E-state index contributed by atoms with van der Waals surface area (Å²) in [5.41, 5.74) is 4.42. The van der Waals surface area contributed by atoms with Gasteiger partial charge in [-0.25, -0.2) is 4.98 Å². The summed E-state index contributed by atoms with van der Waals surface area (Å²) < 4.78 is 1.13. The molecule has 2 heterocycles. The molecule has 3 aromatic carbocycles. The van der Waals surface area contributed by atoms with Crippen molar-refractivity contribution < 1.29 is 35.1 Å². The summed E-state index contributed by atoms with van der Waals surface area (Å²) in [6.07, 6.45) is 7.55. The summed E-state index contributed by atoms with van der Waals surface area (Å²) in [5, 5.41) is 24.0. The largest absolute Gasteiger partial charge is 0.515 e. The third-order valence-corrected chi connectivity index (χ3v) is 11.4. The minimum Gasteiger partial charge on any atom is -0.515 e. The molecule has 0 fully saturated rings. The fourth-order valence-electron chi connectivity index (χ4n) is 5.79. The number of aromatic nitrogens is 2. The van der Waals surface area contributed by atoms with Gasteiger partial charge in [-0.05, 0) is 60.6 Å². The molecule has 0 bridgehead atoms. The Morgan fingerprint density at radius 2 is 1.51 bits per heavy atom. The molecule has 0 aliphatic rings. The quantitative estimate of drug-likeness (QED) is 0.0876. The number of benzene rings is 3. The summed E-state index contributed by atoms with van der Waals surface area (Å²) in [4.78, 5) is 22.4. The number of nitrogens with zero attached hydrogens (tertiary/aromatic N) is 2. The summed E-state index contributed by atoms with van der Waals surface area (Å²) in [7, 11) is 0. The van der Waals surface area contributed by atoms with Crippen molar-refractivity contribution in [2.24, 2.45) is 10.8 Å². The van der Waals surface area contributed by atoms with Crippen molar-refractivity contribution in [3.05, 3.63) is 90.1 Å².